The molecule has 0 spiro atoms. The van der Waals surface area contributed by atoms with Gasteiger partial charge in [0.1, 0.15) is 24.5 Å². The quantitative estimate of drug-likeness (QED) is 0.845. The largest absolute Gasteiger partial charge is 0.508 e. The van der Waals surface area contributed by atoms with Crippen molar-refractivity contribution in [3.63, 3.8) is 0 Å². The molecule has 3 rings (SSSR count). The van der Waals surface area contributed by atoms with Crippen molar-refractivity contribution in [3.8, 4) is 17.0 Å². The van der Waals surface area contributed by atoms with E-state index in [-0.39, 0.29) is 5.75 Å². The lowest BCUT2D eigenvalue weighted by atomic mass is 9.70. The minimum Gasteiger partial charge on any atom is -0.508 e. The summed E-state index contributed by atoms with van der Waals surface area (Å²) in [4.78, 5) is 14.1. The molecule has 1 aromatic heterocycles. The van der Waals surface area contributed by atoms with Gasteiger partial charge in [0, 0.05) is 22.1 Å². The van der Waals surface area contributed by atoms with Crippen molar-refractivity contribution in [2.75, 3.05) is 12.3 Å². The van der Waals surface area contributed by atoms with Crippen molar-refractivity contribution in [3.05, 3.63) is 35.7 Å². The first-order valence-corrected chi connectivity index (χ1v) is 7.97. The molecule has 3 N–H and O–H groups in total. The lowest BCUT2D eigenvalue weighted by molar-refractivity contribution is 0.117. The molecule has 0 saturated heterocycles. The SMILES string of the molecule is CC(C)CO/N=C1\c2cc(O)ccc2-c2ncnc(N)c2C1(C)C. The fourth-order valence-corrected chi connectivity index (χ4v) is 3.02. The Hall–Kier alpha value is -2.63. The molecular formula is C18H22N4O2. The molecule has 1 aromatic carbocycles. The standard InChI is InChI=1S/C18H22N4O2/c1-10(2)8-24-22-16-13-7-11(23)5-6-12(13)15-14(18(16,3)4)17(19)21-9-20-15/h5-7,9-10,23H,8H2,1-4H3,(H2,19,20,21)/b22-16+. The Morgan fingerprint density at radius 1 is 1.25 bits per heavy atom. The third kappa shape index (κ3) is 2.58. The van der Waals surface area contributed by atoms with Crippen molar-refractivity contribution in [1.82, 2.24) is 9.97 Å². The predicted molar refractivity (Wildman–Crippen MR) is 93.9 cm³/mol. The molecule has 6 nitrogen and oxygen atoms in total. The number of hydrogen-bond donors (Lipinski definition) is 2. The number of anilines is 1. The van der Waals surface area contributed by atoms with Crippen molar-refractivity contribution < 1.29 is 9.94 Å². The van der Waals surface area contributed by atoms with Crippen LogP contribution in [0.15, 0.2) is 29.7 Å². The smallest absolute Gasteiger partial charge is 0.131 e. The molecule has 1 aliphatic carbocycles. The zero-order valence-electron chi connectivity index (χ0n) is 14.4. The molecule has 0 amide bonds. The minimum absolute atomic E-state index is 0.173. The molecule has 0 unspecified atom stereocenters. The van der Waals surface area contributed by atoms with Gasteiger partial charge in [-0.2, -0.15) is 0 Å². The van der Waals surface area contributed by atoms with Crippen LogP contribution in [0, 0.1) is 5.92 Å². The molecule has 0 atom stereocenters. The van der Waals surface area contributed by atoms with Crippen LogP contribution in [0.1, 0.15) is 38.8 Å². The minimum atomic E-state index is -0.543. The monoisotopic (exact) mass is 326 g/mol. The molecule has 0 bridgehead atoms. The van der Waals surface area contributed by atoms with E-state index >= 15 is 0 Å². The van der Waals surface area contributed by atoms with Crippen LogP contribution in [0.4, 0.5) is 5.82 Å². The van der Waals surface area contributed by atoms with E-state index in [0.29, 0.717) is 24.1 Å². The van der Waals surface area contributed by atoms with Gasteiger partial charge in [-0.25, -0.2) is 9.97 Å². The molecule has 126 valence electrons. The summed E-state index contributed by atoms with van der Waals surface area (Å²) in [5.41, 5.74) is 9.58. The molecule has 0 aliphatic heterocycles. The second kappa shape index (κ2) is 5.78. The first-order valence-electron chi connectivity index (χ1n) is 7.97. The summed E-state index contributed by atoms with van der Waals surface area (Å²) in [6, 6.07) is 5.14. The second-order valence-corrected chi connectivity index (χ2v) is 6.97. The van der Waals surface area contributed by atoms with Crippen LogP contribution in [0.25, 0.3) is 11.3 Å². The number of fused-ring (bicyclic) bond motifs is 3. The van der Waals surface area contributed by atoms with E-state index in [4.69, 9.17) is 10.6 Å². The first-order chi connectivity index (χ1) is 11.3. The molecule has 0 saturated carbocycles. The number of benzene rings is 1. The Morgan fingerprint density at radius 2 is 2.00 bits per heavy atom. The number of rotatable bonds is 3. The van der Waals surface area contributed by atoms with Crippen molar-refractivity contribution in [2.24, 2.45) is 11.1 Å². The molecule has 24 heavy (non-hydrogen) atoms. The third-order valence-corrected chi connectivity index (χ3v) is 4.17. The fourth-order valence-electron chi connectivity index (χ4n) is 3.02. The summed E-state index contributed by atoms with van der Waals surface area (Å²) >= 11 is 0. The highest BCUT2D eigenvalue weighted by Gasteiger charge is 2.40. The predicted octanol–water partition coefficient (Wildman–Crippen LogP) is 3.10. The van der Waals surface area contributed by atoms with Gasteiger partial charge in [-0.3, -0.25) is 0 Å². The van der Waals surface area contributed by atoms with Crippen molar-refractivity contribution in [2.45, 2.75) is 33.1 Å². The molecule has 0 radical (unpaired) electrons. The molecule has 1 aliphatic rings. The van der Waals surface area contributed by atoms with Crippen LogP contribution in [0.3, 0.4) is 0 Å². The van der Waals surface area contributed by atoms with Gasteiger partial charge in [0.25, 0.3) is 0 Å². The number of nitrogen functional groups attached to an aromatic ring is 1. The highest BCUT2D eigenvalue weighted by molar-refractivity contribution is 6.15. The van der Waals surface area contributed by atoms with Crippen molar-refractivity contribution >= 4 is 11.5 Å². The summed E-state index contributed by atoms with van der Waals surface area (Å²) in [6.07, 6.45) is 1.46. The molecule has 6 heteroatoms. The summed E-state index contributed by atoms with van der Waals surface area (Å²) in [7, 11) is 0. The number of aromatic nitrogens is 2. The van der Waals surface area contributed by atoms with Crippen LogP contribution >= 0.6 is 0 Å². The number of phenolic OH excluding ortho intramolecular Hbond substituents is 1. The van der Waals surface area contributed by atoms with Crippen LogP contribution in [-0.4, -0.2) is 27.4 Å². The summed E-state index contributed by atoms with van der Waals surface area (Å²) in [5, 5.41) is 14.3. The van der Waals surface area contributed by atoms with E-state index in [0.717, 1.165) is 22.4 Å². The normalized spacial score (nSPS) is 16.8. The van der Waals surface area contributed by atoms with E-state index in [1.807, 2.05) is 19.9 Å². The van der Waals surface area contributed by atoms with Gasteiger partial charge < -0.3 is 15.7 Å². The average molecular weight is 326 g/mol. The molecular weight excluding hydrogens is 304 g/mol. The van der Waals surface area contributed by atoms with Gasteiger partial charge >= 0.3 is 0 Å². The number of hydrogen-bond acceptors (Lipinski definition) is 6. The van der Waals surface area contributed by atoms with E-state index < -0.39 is 5.41 Å². The number of phenols is 1. The number of nitrogens with two attached hydrogens (primary N) is 1. The van der Waals surface area contributed by atoms with Crippen LogP contribution < -0.4 is 5.73 Å². The van der Waals surface area contributed by atoms with Gasteiger partial charge in [-0.15, -0.1) is 0 Å². The Bertz CT molecular complexity index is 813. The second-order valence-electron chi connectivity index (χ2n) is 6.97. The van der Waals surface area contributed by atoms with Crippen LogP contribution in [0.2, 0.25) is 0 Å². The van der Waals surface area contributed by atoms with E-state index in [2.05, 4.69) is 29.0 Å². The number of oxime groups is 1. The lowest BCUT2D eigenvalue weighted by Crippen LogP contribution is -2.36. The van der Waals surface area contributed by atoms with Gasteiger partial charge in [0.2, 0.25) is 0 Å². The molecule has 2 aromatic rings. The maximum absolute atomic E-state index is 9.94. The number of aromatic hydroxyl groups is 1. The van der Waals surface area contributed by atoms with E-state index in [1.165, 1.54) is 6.33 Å². The topological polar surface area (TPSA) is 93.6 Å². The van der Waals surface area contributed by atoms with Gasteiger partial charge in [0.15, 0.2) is 0 Å². The summed E-state index contributed by atoms with van der Waals surface area (Å²) < 4.78 is 0. The Kier molecular flexibility index (Phi) is 3.91. The van der Waals surface area contributed by atoms with E-state index in [9.17, 15) is 5.11 Å². The molecule has 1 heterocycles. The molecule has 0 fully saturated rings. The van der Waals surface area contributed by atoms with Gasteiger partial charge in [0.05, 0.1) is 11.4 Å². The zero-order valence-corrected chi connectivity index (χ0v) is 14.4. The Labute approximate surface area is 141 Å². The Balaban J connectivity index is 2.24. The maximum atomic E-state index is 9.94. The van der Waals surface area contributed by atoms with E-state index in [1.54, 1.807) is 12.1 Å². The van der Waals surface area contributed by atoms with Crippen LogP contribution in [0.5, 0.6) is 5.75 Å². The fraction of sp³-hybridized carbons (Fsp3) is 0.389. The number of nitrogens with zero attached hydrogens (tertiary/aromatic N) is 3. The van der Waals surface area contributed by atoms with Gasteiger partial charge in [-0.1, -0.05) is 19.0 Å². The first kappa shape index (κ1) is 16.2. The lowest BCUT2D eigenvalue weighted by Gasteiger charge is -2.34. The zero-order chi connectivity index (χ0) is 17.5. The van der Waals surface area contributed by atoms with Gasteiger partial charge in [-0.05, 0) is 38.0 Å². The third-order valence-electron chi connectivity index (χ3n) is 4.17. The highest BCUT2D eigenvalue weighted by Crippen LogP contribution is 2.45. The summed E-state index contributed by atoms with van der Waals surface area (Å²) in [6.45, 7) is 8.66. The van der Waals surface area contributed by atoms with Crippen molar-refractivity contribution in [1.29, 1.82) is 0 Å². The van der Waals surface area contributed by atoms with Crippen LogP contribution in [-0.2, 0) is 10.3 Å². The maximum Gasteiger partial charge on any atom is 0.131 e. The average Bonchev–Trinajstić information content (AvgIpc) is 2.49. The Morgan fingerprint density at radius 3 is 2.71 bits per heavy atom. The summed E-state index contributed by atoms with van der Waals surface area (Å²) in [5.74, 6) is 0.970. The highest BCUT2D eigenvalue weighted by atomic mass is 16.6.